The molecule has 0 atom stereocenters. The van der Waals surface area contributed by atoms with Gasteiger partial charge in [-0.2, -0.15) is 0 Å². The average molecular weight is 177 g/mol. The van der Waals surface area contributed by atoms with Crippen molar-refractivity contribution in [3.63, 3.8) is 0 Å². The number of aromatic nitrogens is 2. The number of hydrogen-bond acceptors (Lipinski definition) is 4. The Morgan fingerprint density at radius 3 is 2.75 bits per heavy atom. The number of anilines is 1. The lowest BCUT2D eigenvalue weighted by atomic mass is 10.2. The van der Waals surface area contributed by atoms with Crippen molar-refractivity contribution in [2.45, 2.75) is 0 Å². The molecule has 0 unspecified atom stereocenters. The molecule has 0 saturated heterocycles. The van der Waals surface area contributed by atoms with E-state index in [0.29, 0.717) is 5.82 Å². The van der Waals surface area contributed by atoms with Gasteiger partial charge in [-0.3, -0.25) is 4.98 Å². The Labute approximate surface area is 73.9 Å². The zero-order valence-electron chi connectivity index (χ0n) is 6.27. The smallest absolute Gasteiger partial charge is 0.123 e. The first-order chi connectivity index (χ1) is 5.86. The van der Waals surface area contributed by atoms with Gasteiger partial charge in [0.25, 0.3) is 0 Å². The maximum Gasteiger partial charge on any atom is 0.123 e. The predicted octanol–water partition coefficient (Wildman–Crippen LogP) is 1.79. The van der Waals surface area contributed by atoms with Gasteiger partial charge in [-0.1, -0.05) is 0 Å². The summed E-state index contributed by atoms with van der Waals surface area (Å²) in [5.41, 5.74) is 8.32. The van der Waals surface area contributed by atoms with E-state index < -0.39 is 0 Å². The molecular weight excluding hydrogens is 170 g/mol. The third kappa shape index (κ3) is 1.29. The number of pyridine rings is 1. The van der Waals surface area contributed by atoms with Crippen molar-refractivity contribution >= 4 is 17.2 Å². The first kappa shape index (κ1) is 7.24. The van der Waals surface area contributed by atoms with E-state index in [1.165, 1.54) is 0 Å². The van der Waals surface area contributed by atoms with Gasteiger partial charge in [-0.25, -0.2) is 4.98 Å². The van der Waals surface area contributed by atoms with E-state index in [-0.39, 0.29) is 0 Å². The largest absolute Gasteiger partial charge is 0.384 e. The van der Waals surface area contributed by atoms with Gasteiger partial charge in [0.2, 0.25) is 0 Å². The molecule has 0 radical (unpaired) electrons. The lowest BCUT2D eigenvalue weighted by molar-refractivity contribution is 1.34. The second kappa shape index (κ2) is 2.91. The van der Waals surface area contributed by atoms with Crippen LogP contribution >= 0.6 is 11.3 Å². The highest BCUT2D eigenvalue weighted by Crippen LogP contribution is 2.22. The molecule has 0 aliphatic carbocycles. The van der Waals surface area contributed by atoms with Crippen molar-refractivity contribution in [1.82, 2.24) is 9.97 Å². The number of nitrogen functional groups attached to an aromatic ring is 1. The van der Waals surface area contributed by atoms with E-state index in [0.717, 1.165) is 10.4 Å². The first-order valence-corrected chi connectivity index (χ1v) is 4.34. The quantitative estimate of drug-likeness (QED) is 0.722. The number of rotatable bonds is 1. The second-order valence-electron chi connectivity index (χ2n) is 2.34. The number of nitrogens with zero attached hydrogens (tertiary/aromatic N) is 2. The van der Waals surface area contributed by atoms with Gasteiger partial charge in [0, 0.05) is 18.0 Å². The third-order valence-electron chi connectivity index (χ3n) is 1.50. The van der Waals surface area contributed by atoms with Crippen LogP contribution in [0.2, 0.25) is 0 Å². The van der Waals surface area contributed by atoms with E-state index in [1.54, 1.807) is 29.1 Å². The van der Waals surface area contributed by atoms with Crippen LogP contribution in [0.25, 0.3) is 10.4 Å². The summed E-state index contributed by atoms with van der Waals surface area (Å²) in [5, 5.41) is 0. The Balaban J connectivity index is 2.43. The zero-order valence-corrected chi connectivity index (χ0v) is 7.08. The summed E-state index contributed by atoms with van der Waals surface area (Å²) in [6.45, 7) is 0. The number of thiazole rings is 1. The summed E-state index contributed by atoms with van der Waals surface area (Å²) in [6.07, 6.45) is 3.57. The van der Waals surface area contributed by atoms with E-state index in [4.69, 9.17) is 5.73 Å². The average Bonchev–Trinajstić information content (AvgIpc) is 2.58. The molecular formula is C8H7N3S. The maximum absolute atomic E-state index is 5.46. The minimum absolute atomic E-state index is 0.545. The summed E-state index contributed by atoms with van der Waals surface area (Å²) in [4.78, 5) is 9.09. The molecule has 2 heterocycles. The molecule has 2 rings (SSSR count). The van der Waals surface area contributed by atoms with Gasteiger partial charge >= 0.3 is 0 Å². The topological polar surface area (TPSA) is 51.8 Å². The van der Waals surface area contributed by atoms with Gasteiger partial charge in [0.15, 0.2) is 0 Å². The summed E-state index contributed by atoms with van der Waals surface area (Å²) in [7, 11) is 0. The summed E-state index contributed by atoms with van der Waals surface area (Å²) in [5.74, 6) is 0.545. The van der Waals surface area contributed by atoms with Crippen molar-refractivity contribution in [3.05, 3.63) is 30.0 Å². The SMILES string of the molecule is Nc1ccc(-c2cncs2)cn1. The molecule has 12 heavy (non-hydrogen) atoms. The van der Waals surface area contributed by atoms with Gasteiger partial charge in [-0.05, 0) is 12.1 Å². The van der Waals surface area contributed by atoms with E-state index >= 15 is 0 Å². The van der Waals surface area contributed by atoms with Crippen LogP contribution in [-0.2, 0) is 0 Å². The second-order valence-corrected chi connectivity index (χ2v) is 3.22. The molecule has 0 aliphatic rings. The molecule has 0 spiro atoms. The van der Waals surface area contributed by atoms with Crippen LogP contribution in [-0.4, -0.2) is 9.97 Å². The van der Waals surface area contributed by atoms with Gasteiger partial charge in [-0.15, -0.1) is 11.3 Å². The van der Waals surface area contributed by atoms with Crippen molar-refractivity contribution in [2.75, 3.05) is 5.73 Å². The van der Waals surface area contributed by atoms with Gasteiger partial charge in [0.1, 0.15) is 5.82 Å². The number of hydrogen-bond donors (Lipinski definition) is 1. The minimum atomic E-state index is 0.545. The predicted molar refractivity (Wildman–Crippen MR) is 49.8 cm³/mol. The molecule has 0 aromatic carbocycles. The third-order valence-corrected chi connectivity index (χ3v) is 2.33. The molecule has 2 aromatic heterocycles. The Morgan fingerprint density at radius 1 is 1.25 bits per heavy atom. The number of nitrogens with two attached hydrogens (primary N) is 1. The zero-order chi connectivity index (χ0) is 8.39. The molecule has 0 bridgehead atoms. The van der Waals surface area contributed by atoms with Crippen molar-refractivity contribution in [3.8, 4) is 10.4 Å². The minimum Gasteiger partial charge on any atom is -0.384 e. The standard InChI is InChI=1S/C8H7N3S/c9-8-2-1-6(3-11-8)7-4-10-5-12-7/h1-5H,(H2,9,11). The van der Waals surface area contributed by atoms with Crippen LogP contribution in [0.15, 0.2) is 30.0 Å². The van der Waals surface area contributed by atoms with E-state index in [2.05, 4.69) is 9.97 Å². The molecule has 4 heteroatoms. The van der Waals surface area contributed by atoms with Crippen LogP contribution in [0, 0.1) is 0 Å². The molecule has 2 N–H and O–H groups in total. The molecule has 2 aromatic rings. The summed E-state index contributed by atoms with van der Waals surface area (Å²) >= 11 is 1.59. The van der Waals surface area contributed by atoms with Crippen LogP contribution in [0.1, 0.15) is 0 Å². The van der Waals surface area contributed by atoms with Crippen molar-refractivity contribution < 1.29 is 0 Å². The highest BCUT2D eigenvalue weighted by molar-refractivity contribution is 7.13. The van der Waals surface area contributed by atoms with E-state index in [9.17, 15) is 0 Å². The van der Waals surface area contributed by atoms with Crippen molar-refractivity contribution in [2.24, 2.45) is 0 Å². The molecule has 0 aliphatic heterocycles. The Morgan fingerprint density at radius 2 is 2.17 bits per heavy atom. The van der Waals surface area contributed by atoms with Crippen LogP contribution in [0.3, 0.4) is 0 Å². The molecule has 60 valence electrons. The molecule has 3 nitrogen and oxygen atoms in total. The molecule has 0 fully saturated rings. The van der Waals surface area contributed by atoms with Gasteiger partial charge in [0.05, 0.1) is 10.4 Å². The lowest BCUT2D eigenvalue weighted by Crippen LogP contribution is -1.87. The highest BCUT2D eigenvalue weighted by atomic mass is 32.1. The van der Waals surface area contributed by atoms with Crippen molar-refractivity contribution in [1.29, 1.82) is 0 Å². The Hall–Kier alpha value is -1.42. The first-order valence-electron chi connectivity index (χ1n) is 3.46. The summed E-state index contributed by atoms with van der Waals surface area (Å²) in [6, 6.07) is 3.73. The normalized spacial score (nSPS) is 10.0. The van der Waals surface area contributed by atoms with Crippen LogP contribution in [0.4, 0.5) is 5.82 Å². The van der Waals surface area contributed by atoms with Crippen LogP contribution in [0.5, 0.6) is 0 Å². The molecule has 0 saturated carbocycles. The summed E-state index contributed by atoms with van der Waals surface area (Å²) < 4.78 is 0. The van der Waals surface area contributed by atoms with Gasteiger partial charge < -0.3 is 5.73 Å². The fraction of sp³-hybridized carbons (Fsp3) is 0. The fourth-order valence-electron chi connectivity index (χ4n) is 0.909. The Bertz CT molecular complexity index is 352. The maximum atomic E-state index is 5.46. The fourth-order valence-corrected chi connectivity index (χ4v) is 1.52. The monoisotopic (exact) mass is 177 g/mol. The highest BCUT2D eigenvalue weighted by Gasteiger charge is 1.97. The van der Waals surface area contributed by atoms with E-state index in [1.807, 2.05) is 12.3 Å². The van der Waals surface area contributed by atoms with Crippen LogP contribution < -0.4 is 5.73 Å². The molecule has 0 amide bonds. The Kier molecular flexibility index (Phi) is 1.75. The lowest BCUT2D eigenvalue weighted by Gasteiger charge is -1.95.